The maximum absolute atomic E-state index is 14.0. The van der Waals surface area contributed by atoms with Gasteiger partial charge in [0.25, 0.3) is 5.56 Å². The summed E-state index contributed by atoms with van der Waals surface area (Å²) in [5.41, 5.74) is 1.67. The van der Waals surface area contributed by atoms with Crippen molar-refractivity contribution in [1.29, 1.82) is 0 Å². The molecule has 3 heterocycles. The Morgan fingerprint density at radius 3 is 2.69 bits per heavy atom. The fourth-order valence-electron chi connectivity index (χ4n) is 4.85. The molecule has 11 heteroatoms. The first-order valence-corrected chi connectivity index (χ1v) is 14.4. The standard InChI is InChI=1S/C31H27ClN2O7S/c1-4-7-22-26(30(38)40-5-2)27(21-15-19(32)10-12-24(21)39-3)34-28(35)25(42-31(34)33-22)16-20-11-13-23(41-20)17-8-6-9-18(14-17)29(36)37/h6,8-16,27H,4-5,7H2,1-3H3,(H,36,37)/b25-16+/t27-/m1/s1. The molecule has 1 aliphatic rings. The first-order valence-electron chi connectivity index (χ1n) is 13.2. The van der Waals surface area contributed by atoms with Crippen LogP contribution in [0.5, 0.6) is 5.75 Å². The van der Waals surface area contributed by atoms with Crippen LogP contribution < -0.4 is 19.6 Å². The van der Waals surface area contributed by atoms with Crippen LogP contribution in [0.4, 0.5) is 0 Å². The number of aromatic nitrogens is 1. The summed E-state index contributed by atoms with van der Waals surface area (Å²) in [6.07, 6.45) is 2.82. The third-order valence-corrected chi connectivity index (χ3v) is 7.89. The number of hydrogen-bond acceptors (Lipinski definition) is 8. The zero-order chi connectivity index (χ0) is 30.0. The number of carbonyl (C=O) groups is 2. The van der Waals surface area contributed by atoms with Gasteiger partial charge in [0.05, 0.1) is 35.1 Å². The summed E-state index contributed by atoms with van der Waals surface area (Å²) in [6, 6.07) is 14.0. The molecule has 216 valence electrons. The summed E-state index contributed by atoms with van der Waals surface area (Å²) in [7, 11) is 1.51. The number of thiazole rings is 1. The molecule has 0 aliphatic carbocycles. The predicted molar refractivity (Wildman–Crippen MR) is 159 cm³/mol. The van der Waals surface area contributed by atoms with E-state index in [-0.39, 0.29) is 23.3 Å². The number of aromatic carboxylic acids is 1. The highest BCUT2D eigenvalue weighted by molar-refractivity contribution is 7.07. The summed E-state index contributed by atoms with van der Waals surface area (Å²) in [5.74, 6) is -0.303. The number of halogens is 1. The first kappa shape index (κ1) is 29.1. The van der Waals surface area contributed by atoms with Gasteiger partial charge in [-0.1, -0.05) is 48.4 Å². The number of fused-ring (bicyclic) bond motifs is 1. The minimum Gasteiger partial charge on any atom is -0.496 e. The Labute approximate surface area is 249 Å². The van der Waals surface area contributed by atoms with E-state index in [2.05, 4.69) is 0 Å². The van der Waals surface area contributed by atoms with Gasteiger partial charge in [-0.05, 0) is 55.8 Å². The number of nitrogens with zero attached hydrogens (tertiary/aromatic N) is 2. The number of allylic oxidation sites excluding steroid dienone is 1. The fraction of sp³-hybridized carbons (Fsp3) is 0.226. The van der Waals surface area contributed by atoms with E-state index in [0.717, 1.165) is 0 Å². The van der Waals surface area contributed by atoms with Crippen LogP contribution in [0.15, 0.2) is 80.1 Å². The second-order valence-electron chi connectivity index (χ2n) is 9.39. The summed E-state index contributed by atoms with van der Waals surface area (Å²) in [6.45, 7) is 3.86. The second-order valence-corrected chi connectivity index (χ2v) is 10.8. The van der Waals surface area contributed by atoms with Crippen LogP contribution in [-0.4, -0.2) is 35.3 Å². The molecule has 0 saturated carbocycles. The first-order chi connectivity index (χ1) is 20.2. The minimum atomic E-state index is -1.04. The number of rotatable bonds is 9. The molecule has 0 spiro atoms. The average Bonchev–Trinajstić information content (AvgIpc) is 3.57. The van der Waals surface area contributed by atoms with Crippen LogP contribution in [0.2, 0.25) is 5.02 Å². The maximum atomic E-state index is 14.0. The van der Waals surface area contributed by atoms with E-state index >= 15 is 0 Å². The minimum absolute atomic E-state index is 0.135. The van der Waals surface area contributed by atoms with Crippen molar-refractivity contribution in [2.75, 3.05) is 13.7 Å². The molecule has 42 heavy (non-hydrogen) atoms. The highest BCUT2D eigenvalue weighted by atomic mass is 35.5. The van der Waals surface area contributed by atoms with Crippen molar-refractivity contribution in [3.05, 3.63) is 107 Å². The number of carboxylic acid groups (broad SMARTS) is 1. The molecule has 0 unspecified atom stereocenters. The van der Waals surface area contributed by atoms with Crippen molar-refractivity contribution in [1.82, 2.24) is 4.57 Å². The van der Waals surface area contributed by atoms with Crippen LogP contribution in [0.25, 0.3) is 17.4 Å². The van der Waals surface area contributed by atoms with Crippen molar-refractivity contribution in [3.8, 4) is 17.1 Å². The third-order valence-electron chi connectivity index (χ3n) is 6.67. The van der Waals surface area contributed by atoms with E-state index in [1.165, 1.54) is 35.1 Å². The van der Waals surface area contributed by atoms with Gasteiger partial charge in [0.2, 0.25) is 0 Å². The smallest absolute Gasteiger partial charge is 0.338 e. The molecule has 1 atom stereocenters. The Bertz CT molecular complexity index is 1900. The third kappa shape index (κ3) is 5.55. The highest BCUT2D eigenvalue weighted by Gasteiger charge is 2.36. The van der Waals surface area contributed by atoms with E-state index in [4.69, 9.17) is 30.5 Å². The molecule has 5 rings (SSSR count). The Morgan fingerprint density at radius 2 is 1.98 bits per heavy atom. The highest BCUT2D eigenvalue weighted by Crippen LogP contribution is 2.38. The monoisotopic (exact) mass is 606 g/mol. The molecule has 1 aliphatic heterocycles. The van der Waals surface area contributed by atoms with Crippen LogP contribution in [0.3, 0.4) is 0 Å². The van der Waals surface area contributed by atoms with E-state index in [1.54, 1.807) is 55.5 Å². The van der Waals surface area contributed by atoms with Gasteiger partial charge in [-0.15, -0.1) is 0 Å². The molecule has 0 fully saturated rings. The lowest BCUT2D eigenvalue weighted by Gasteiger charge is -2.27. The van der Waals surface area contributed by atoms with Gasteiger partial charge in [-0.25, -0.2) is 14.6 Å². The van der Waals surface area contributed by atoms with Crippen LogP contribution in [0, 0.1) is 0 Å². The number of furan rings is 1. The zero-order valence-corrected chi connectivity index (χ0v) is 24.6. The lowest BCUT2D eigenvalue weighted by atomic mass is 9.93. The van der Waals surface area contributed by atoms with Crippen molar-refractivity contribution in [2.45, 2.75) is 32.7 Å². The average molecular weight is 607 g/mol. The Balaban J connectivity index is 1.69. The van der Waals surface area contributed by atoms with Crippen molar-refractivity contribution >= 4 is 41.0 Å². The predicted octanol–water partition coefficient (Wildman–Crippen LogP) is 5.20. The largest absolute Gasteiger partial charge is 0.496 e. The molecule has 2 aromatic carbocycles. The summed E-state index contributed by atoms with van der Waals surface area (Å²) >= 11 is 7.56. The van der Waals surface area contributed by atoms with Crippen molar-refractivity contribution in [3.63, 3.8) is 0 Å². The van der Waals surface area contributed by atoms with Gasteiger partial charge >= 0.3 is 11.9 Å². The molecular formula is C31H27ClN2O7S. The van der Waals surface area contributed by atoms with Gasteiger partial charge < -0.3 is 19.0 Å². The molecule has 0 saturated heterocycles. The van der Waals surface area contributed by atoms with Crippen LogP contribution >= 0.6 is 22.9 Å². The lowest BCUT2D eigenvalue weighted by Crippen LogP contribution is -2.40. The molecule has 0 radical (unpaired) electrons. The number of hydrogen-bond donors (Lipinski definition) is 1. The van der Waals surface area contributed by atoms with Gasteiger partial charge in [0.15, 0.2) is 4.80 Å². The molecular weight excluding hydrogens is 580 g/mol. The van der Waals surface area contributed by atoms with E-state index in [9.17, 15) is 19.5 Å². The molecule has 1 N–H and O–H groups in total. The van der Waals surface area contributed by atoms with Crippen LogP contribution in [0.1, 0.15) is 54.4 Å². The fourth-order valence-corrected chi connectivity index (χ4v) is 6.03. The number of esters is 1. The number of ether oxygens (including phenoxy) is 2. The number of carboxylic acids is 1. The SMILES string of the molecule is CCCC1=C(C(=O)OCC)[C@@H](c2cc(Cl)ccc2OC)n2c(s/c(=C/c3ccc(-c4cccc(C(=O)O)c4)o3)c2=O)=N1. The van der Waals surface area contributed by atoms with Gasteiger partial charge in [-0.2, -0.15) is 0 Å². The Hall–Kier alpha value is -4.41. The van der Waals surface area contributed by atoms with Crippen LogP contribution in [-0.2, 0) is 9.53 Å². The normalized spacial score (nSPS) is 14.9. The number of carbonyl (C=O) groups excluding carboxylic acids is 1. The molecule has 2 aromatic heterocycles. The molecule has 9 nitrogen and oxygen atoms in total. The quantitative estimate of drug-likeness (QED) is 0.260. The van der Waals surface area contributed by atoms with Crippen molar-refractivity contribution in [2.24, 2.45) is 4.99 Å². The van der Waals surface area contributed by atoms with E-state index in [1.807, 2.05) is 6.92 Å². The summed E-state index contributed by atoms with van der Waals surface area (Å²) in [4.78, 5) is 43.9. The zero-order valence-electron chi connectivity index (χ0n) is 23.0. The Kier molecular flexibility index (Phi) is 8.46. The lowest BCUT2D eigenvalue weighted by molar-refractivity contribution is -0.139. The van der Waals surface area contributed by atoms with E-state index < -0.39 is 18.0 Å². The second kappa shape index (κ2) is 12.2. The Morgan fingerprint density at radius 1 is 1.17 bits per heavy atom. The number of methoxy groups -OCH3 is 1. The molecule has 0 amide bonds. The van der Waals surface area contributed by atoms with E-state index in [0.29, 0.717) is 61.3 Å². The summed E-state index contributed by atoms with van der Waals surface area (Å²) < 4.78 is 18.8. The number of benzene rings is 2. The van der Waals surface area contributed by atoms with Gasteiger partial charge in [0.1, 0.15) is 23.3 Å². The van der Waals surface area contributed by atoms with Gasteiger partial charge in [0, 0.05) is 22.2 Å². The maximum Gasteiger partial charge on any atom is 0.338 e. The summed E-state index contributed by atoms with van der Waals surface area (Å²) in [5, 5.41) is 9.74. The topological polar surface area (TPSA) is 120 Å². The van der Waals surface area contributed by atoms with Crippen molar-refractivity contribution < 1.29 is 28.6 Å². The molecule has 4 aromatic rings. The molecule has 0 bridgehead atoms. The van der Waals surface area contributed by atoms with Gasteiger partial charge in [-0.3, -0.25) is 9.36 Å².